The van der Waals surface area contributed by atoms with Crippen LogP contribution in [0.15, 0.2) is 41.3 Å². The lowest BCUT2D eigenvalue weighted by Gasteiger charge is -2.35. The molecule has 0 atom stereocenters. The number of sulfonamides is 1. The van der Waals surface area contributed by atoms with Crippen LogP contribution in [0, 0.1) is 13.8 Å². The second kappa shape index (κ2) is 7.90. The Morgan fingerprint density at radius 2 is 1.59 bits per heavy atom. The van der Waals surface area contributed by atoms with Gasteiger partial charge in [0, 0.05) is 31.9 Å². The van der Waals surface area contributed by atoms with Crippen molar-refractivity contribution < 1.29 is 13.2 Å². The van der Waals surface area contributed by atoms with Gasteiger partial charge in [-0.1, -0.05) is 19.1 Å². The van der Waals surface area contributed by atoms with Crippen LogP contribution in [0.2, 0.25) is 0 Å². The van der Waals surface area contributed by atoms with Gasteiger partial charge in [-0.2, -0.15) is 4.31 Å². The van der Waals surface area contributed by atoms with E-state index in [2.05, 4.69) is 36.1 Å². The Morgan fingerprint density at radius 3 is 2.15 bits per heavy atom. The minimum absolute atomic E-state index is 0.376. The number of rotatable bonds is 5. The molecule has 0 amide bonds. The van der Waals surface area contributed by atoms with Gasteiger partial charge in [-0.3, -0.25) is 0 Å². The summed E-state index contributed by atoms with van der Waals surface area (Å²) in [6.07, 6.45) is 1.02. The smallest absolute Gasteiger partial charge is 0.243 e. The molecule has 0 saturated carbocycles. The van der Waals surface area contributed by atoms with Crippen LogP contribution in [0.4, 0.5) is 5.69 Å². The van der Waals surface area contributed by atoms with Crippen LogP contribution in [-0.4, -0.2) is 46.0 Å². The lowest BCUT2D eigenvalue weighted by atomic mass is 10.1. The third-order valence-electron chi connectivity index (χ3n) is 5.26. The highest BCUT2D eigenvalue weighted by Crippen LogP contribution is 2.28. The van der Waals surface area contributed by atoms with Crippen LogP contribution in [-0.2, 0) is 16.4 Å². The zero-order valence-electron chi connectivity index (χ0n) is 16.5. The van der Waals surface area contributed by atoms with Gasteiger partial charge in [-0.05, 0) is 61.2 Å². The van der Waals surface area contributed by atoms with Gasteiger partial charge in [0.2, 0.25) is 10.0 Å². The molecule has 1 aliphatic rings. The predicted octanol–water partition coefficient (Wildman–Crippen LogP) is 3.39. The highest BCUT2D eigenvalue weighted by atomic mass is 32.2. The molecule has 0 radical (unpaired) electrons. The van der Waals surface area contributed by atoms with Crippen molar-refractivity contribution in [2.24, 2.45) is 0 Å². The third kappa shape index (κ3) is 3.96. The van der Waals surface area contributed by atoms with E-state index in [4.69, 9.17) is 4.74 Å². The van der Waals surface area contributed by atoms with Crippen LogP contribution in [0.5, 0.6) is 5.75 Å². The lowest BCUT2D eigenvalue weighted by molar-refractivity contribution is 0.384. The van der Waals surface area contributed by atoms with Gasteiger partial charge in [0.1, 0.15) is 5.75 Å². The molecule has 0 unspecified atom stereocenters. The monoisotopic (exact) mass is 388 g/mol. The van der Waals surface area contributed by atoms with Crippen molar-refractivity contribution in [1.82, 2.24) is 4.31 Å². The van der Waals surface area contributed by atoms with Crippen LogP contribution < -0.4 is 9.64 Å². The van der Waals surface area contributed by atoms with E-state index in [1.165, 1.54) is 5.56 Å². The molecule has 0 aromatic heterocycles. The fraction of sp³-hybridized carbons (Fsp3) is 0.429. The summed E-state index contributed by atoms with van der Waals surface area (Å²) in [6, 6.07) is 12.1. The maximum absolute atomic E-state index is 13.2. The molecule has 2 aromatic rings. The van der Waals surface area contributed by atoms with Gasteiger partial charge >= 0.3 is 0 Å². The summed E-state index contributed by atoms with van der Waals surface area (Å²) in [5.74, 6) is 0.715. The number of benzene rings is 2. The number of hydrogen-bond donors (Lipinski definition) is 0. The summed E-state index contributed by atoms with van der Waals surface area (Å²) < 4.78 is 33.2. The Morgan fingerprint density at radius 1 is 0.963 bits per heavy atom. The van der Waals surface area contributed by atoms with E-state index in [9.17, 15) is 8.42 Å². The van der Waals surface area contributed by atoms with Crippen molar-refractivity contribution in [3.63, 3.8) is 0 Å². The molecule has 2 aromatic carbocycles. The van der Waals surface area contributed by atoms with Gasteiger partial charge in [-0.25, -0.2) is 8.42 Å². The molecule has 1 aliphatic heterocycles. The Balaban J connectivity index is 1.75. The molecule has 1 saturated heterocycles. The minimum Gasteiger partial charge on any atom is -0.496 e. The SMILES string of the molecule is CCc1ccc(N2CCN(S(=O)(=O)c3cc(C)c(OC)cc3C)CC2)cc1. The normalized spacial score (nSPS) is 15.8. The van der Waals surface area contributed by atoms with E-state index in [1.807, 2.05) is 13.8 Å². The van der Waals surface area contributed by atoms with E-state index in [-0.39, 0.29) is 0 Å². The molecule has 1 fully saturated rings. The highest BCUT2D eigenvalue weighted by molar-refractivity contribution is 7.89. The first-order valence-corrected chi connectivity index (χ1v) is 10.8. The van der Waals surface area contributed by atoms with Crippen molar-refractivity contribution in [2.45, 2.75) is 32.1 Å². The molecule has 0 aliphatic carbocycles. The van der Waals surface area contributed by atoms with Crippen LogP contribution in [0.25, 0.3) is 0 Å². The Labute approximate surface area is 162 Å². The van der Waals surface area contributed by atoms with Crippen molar-refractivity contribution >= 4 is 15.7 Å². The number of aryl methyl sites for hydroxylation is 3. The molecule has 27 heavy (non-hydrogen) atoms. The summed E-state index contributed by atoms with van der Waals surface area (Å²) in [4.78, 5) is 2.62. The van der Waals surface area contributed by atoms with Crippen LogP contribution >= 0.6 is 0 Å². The fourth-order valence-electron chi connectivity index (χ4n) is 3.53. The van der Waals surface area contributed by atoms with E-state index in [0.29, 0.717) is 36.8 Å². The molecule has 0 bridgehead atoms. The average molecular weight is 389 g/mol. The number of anilines is 1. The number of methoxy groups -OCH3 is 1. The highest BCUT2D eigenvalue weighted by Gasteiger charge is 2.30. The quantitative estimate of drug-likeness (QED) is 0.788. The fourth-order valence-corrected chi connectivity index (χ4v) is 5.24. The summed E-state index contributed by atoms with van der Waals surface area (Å²) in [5, 5.41) is 0. The van der Waals surface area contributed by atoms with Crippen molar-refractivity contribution in [3.8, 4) is 5.75 Å². The summed E-state index contributed by atoms with van der Waals surface area (Å²) in [7, 11) is -1.91. The molecule has 0 N–H and O–H groups in total. The van der Waals surface area contributed by atoms with Gasteiger partial charge in [0.25, 0.3) is 0 Å². The topological polar surface area (TPSA) is 49.9 Å². The van der Waals surface area contributed by atoms with Crippen molar-refractivity contribution in [3.05, 3.63) is 53.1 Å². The summed E-state index contributed by atoms with van der Waals surface area (Å²) in [6.45, 7) is 8.19. The third-order valence-corrected chi connectivity index (χ3v) is 7.30. The molecule has 1 heterocycles. The van der Waals surface area contributed by atoms with Gasteiger partial charge in [0.15, 0.2) is 0 Å². The molecule has 146 valence electrons. The number of ether oxygens (including phenoxy) is 1. The van der Waals surface area contributed by atoms with E-state index in [0.717, 1.165) is 23.2 Å². The number of nitrogens with zero attached hydrogens (tertiary/aromatic N) is 2. The van der Waals surface area contributed by atoms with Crippen LogP contribution in [0.1, 0.15) is 23.6 Å². The Kier molecular flexibility index (Phi) is 5.77. The van der Waals surface area contributed by atoms with Crippen molar-refractivity contribution in [1.29, 1.82) is 0 Å². The zero-order valence-corrected chi connectivity index (χ0v) is 17.3. The van der Waals surface area contributed by atoms with E-state index in [1.54, 1.807) is 23.5 Å². The first kappa shape index (κ1) is 19.7. The number of piperazine rings is 1. The van der Waals surface area contributed by atoms with E-state index < -0.39 is 10.0 Å². The Hall–Kier alpha value is -2.05. The minimum atomic E-state index is -3.51. The summed E-state index contributed by atoms with van der Waals surface area (Å²) >= 11 is 0. The molecule has 0 spiro atoms. The van der Waals surface area contributed by atoms with Gasteiger partial charge < -0.3 is 9.64 Å². The maximum atomic E-state index is 13.2. The summed E-state index contributed by atoms with van der Waals surface area (Å²) in [5.41, 5.74) is 4.01. The first-order chi connectivity index (χ1) is 12.9. The molecular formula is C21H28N2O3S. The predicted molar refractivity (Wildman–Crippen MR) is 109 cm³/mol. The van der Waals surface area contributed by atoms with Crippen molar-refractivity contribution in [2.75, 3.05) is 38.2 Å². The molecule has 6 heteroatoms. The average Bonchev–Trinajstić information content (AvgIpc) is 2.69. The standard InChI is InChI=1S/C21H28N2O3S/c1-5-18-6-8-19(9-7-18)22-10-12-23(13-11-22)27(24,25)21-15-16(2)20(26-4)14-17(21)3/h6-9,14-15H,5,10-13H2,1-4H3. The van der Waals surface area contributed by atoms with Crippen LogP contribution in [0.3, 0.4) is 0 Å². The molecule has 5 nitrogen and oxygen atoms in total. The second-order valence-corrected chi connectivity index (χ2v) is 8.90. The second-order valence-electron chi connectivity index (χ2n) is 7.00. The molecule has 3 rings (SSSR count). The largest absolute Gasteiger partial charge is 0.496 e. The molecular weight excluding hydrogens is 360 g/mol. The first-order valence-electron chi connectivity index (χ1n) is 9.36. The van der Waals surface area contributed by atoms with Gasteiger partial charge in [0.05, 0.1) is 12.0 Å². The Bertz CT molecular complexity index is 900. The van der Waals surface area contributed by atoms with E-state index >= 15 is 0 Å². The zero-order chi connectivity index (χ0) is 19.6. The number of hydrogen-bond acceptors (Lipinski definition) is 4. The lowest BCUT2D eigenvalue weighted by Crippen LogP contribution is -2.48. The maximum Gasteiger partial charge on any atom is 0.243 e. The van der Waals surface area contributed by atoms with Gasteiger partial charge in [-0.15, -0.1) is 0 Å².